The number of anilines is 1. The van der Waals surface area contributed by atoms with Gasteiger partial charge < -0.3 is 10.6 Å². The molecule has 0 spiro atoms. The van der Waals surface area contributed by atoms with Gasteiger partial charge in [0, 0.05) is 15.7 Å². The van der Waals surface area contributed by atoms with Crippen LogP contribution in [-0.4, -0.2) is 34.1 Å². The van der Waals surface area contributed by atoms with Crippen LogP contribution in [0.25, 0.3) is 11.3 Å². The van der Waals surface area contributed by atoms with Gasteiger partial charge in [-0.1, -0.05) is 54.2 Å². The number of amides is 2. The van der Waals surface area contributed by atoms with E-state index in [4.69, 9.17) is 0 Å². The summed E-state index contributed by atoms with van der Waals surface area (Å²) >= 11 is 4.60. The zero-order chi connectivity index (χ0) is 20.6. The van der Waals surface area contributed by atoms with Crippen molar-refractivity contribution in [1.29, 1.82) is 0 Å². The van der Waals surface area contributed by atoms with Crippen molar-refractivity contribution in [3.63, 3.8) is 0 Å². The molecule has 0 aliphatic rings. The summed E-state index contributed by atoms with van der Waals surface area (Å²) in [4.78, 5) is 33.0. The molecule has 29 heavy (non-hydrogen) atoms. The maximum absolute atomic E-state index is 12.1. The number of nitrogens with zero attached hydrogens (tertiary/aromatic N) is 2. The largest absolute Gasteiger partial charge is 0.346 e. The Morgan fingerprint density at radius 3 is 2.48 bits per heavy atom. The van der Waals surface area contributed by atoms with Gasteiger partial charge in [-0.25, -0.2) is 9.97 Å². The average molecular weight is 471 g/mol. The second kappa shape index (κ2) is 10.2. The Morgan fingerprint density at radius 2 is 1.72 bits per heavy atom. The third kappa shape index (κ3) is 6.40. The first-order valence-corrected chi connectivity index (χ1v) is 10.6. The van der Waals surface area contributed by atoms with Crippen molar-refractivity contribution >= 4 is 45.2 Å². The maximum Gasteiger partial charge on any atom is 0.243 e. The normalized spacial score (nSPS) is 10.4. The predicted molar refractivity (Wildman–Crippen MR) is 119 cm³/mol. The minimum Gasteiger partial charge on any atom is -0.346 e. The Balaban J connectivity index is 1.51. The first kappa shape index (κ1) is 21.0. The maximum atomic E-state index is 12.1. The van der Waals surface area contributed by atoms with E-state index in [1.807, 2.05) is 61.5 Å². The highest BCUT2D eigenvalue weighted by Gasteiger charge is 2.10. The van der Waals surface area contributed by atoms with Crippen LogP contribution in [-0.2, 0) is 9.59 Å². The predicted octanol–water partition coefficient (Wildman–Crippen LogP) is 4.06. The van der Waals surface area contributed by atoms with Crippen LogP contribution in [0.1, 0.15) is 5.69 Å². The van der Waals surface area contributed by atoms with Crippen LogP contribution in [0.4, 0.5) is 5.69 Å². The molecule has 148 valence electrons. The number of benzene rings is 2. The number of aryl methyl sites for hydroxylation is 1. The summed E-state index contributed by atoms with van der Waals surface area (Å²) in [5.41, 5.74) is 3.29. The lowest BCUT2D eigenvalue weighted by molar-refractivity contribution is -0.122. The third-order valence-corrected chi connectivity index (χ3v) is 5.37. The number of carbonyl (C=O) groups excluding carboxylic acids is 2. The summed E-state index contributed by atoms with van der Waals surface area (Å²) in [6, 6.07) is 19.0. The first-order chi connectivity index (χ1) is 14.0. The van der Waals surface area contributed by atoms with Crippen LogP contribution >= 0.6 is 27.7 Å². The average Bonchev–Trinajstić information content (AvgIpc) is 2.73. The van der Waals surface area contributed by atoms with E-state index in [2.05, 4.69) is 36.5 Å². The van der Waals surface area contributed by atoms with Crippen LogP contribution in [0.2, 0.25) is 0 Å². The lowest BCUT2D eigenvalue weighted by atomic mass is 10.1. The van der Waals surface area contributed by atoms with E-state index in [0.717, 1.165) is 21.4 Å². The Labute approximate surface area is 181 Å². The molecule has 8 heteroatoms. The fourth-order valence-corrected chi connectivity index (χ4v) is 3.60. The Morgan fingerprint density at radius 1 is 1.00 bits per heavy atom. The van der Waals surface area contributed by atoms with Gasteiger partial charge in [-0.15, -0.1) is 0 Å². The Kier molecular flexibility index (Phi) is 7.37. The summed E-state index contributed by atoms with van der Waals surface area (Å²) in [6.07, 6.45) is 0. The molecule has 1 aromatic heterocycles. The molecule has 0 saturated carbocycles. The van der Waals surface area contributed by atoms with Gasteiger partial charge in [-0.05, 0) is 41.1 Å². The SMILES string of the molecule is Cc1cc(-c2ccccc2)nc(SCC(=O)NCC(=O)Nc2ccccc2Br)n1. The highest BCUT2D eigenvalue weighted by atomic mass is 79.9. The van der Waals surface area contributed by atoms with Gasteiger partial charge in [0.1, 0.15) is 0 Å². The topological polar surface area (TPSA) is 84.0 Å². The molecule has 0 aliphatic heterocycles. The van der Waals surface area contributed by atoms with Crippen LogP contribution in [0.5, 0.6) is 0 Å². The van der Waals surface area contributed by atoms with E-state index in [1.54, 1.807) is 6.07 Å². The fourth-order valence-electron chi connectivity index (χ4n) is 2.48. The molecule has 0 fully saturated rings. The summed E-state index contributed by atoms with van der Waals surface area (Å²) in [5, 5.41) is 5.88. The number of thioether (sulfide) groups is 1. The molecule has 3 aromatic rings. The molecule has 0 bridgehead atoms. The van der Waals surface area contributed by atoms with Gasteiger partial charge in [0.15, 0.2) is 5.16 Å². The van der Waals surface area contributed by atoms with Gasteiger partial charge >= 0.3 is 0 Å². The van der Waals surface area contributed by atoms with Crippen molar-refractivity contribution in [1.82, 2.24) is 15.3 Å². The molecular formula is C21H19BrN4O2S. The molecule has 0 unspecified atom stereocenters. The van der Waals surface area contributed by atoms with Gasteiger partial charge in [0.2, 0.25) is 11.8 Å². The monoisotopic (exact) mass is 470 g/mol. The molecule has 0 aliphatic carbocycles. The van der Waals surface area contributed by atoms with E-state index in [9.17, 15) is 9.59 Å². The second-order valence-corrected chi connectivity index (χ2v) is 7.93. The van der Waals surface area contributed by atoms with Gasteiger partial charge in [-0.3, -0.25) is 9.59 Å². The lowest BCUT2D eigenvalue weighted by Gasteiger charge is -2.09. The second-order valence-electron chi connectivity index (χ2n) is 6.14. The van der Waals surface area contributed by atoms with Gasteiger partial charge in [-0.2, -0.15) is 0 Å². The van der Waals surface area contributed by atoms with Crippen molar-refractivity contribution in [3.8, 4) is 11.3 Å². The van der Waals surface area contributed by atoms with Gasteiger partial charge in [0.05, 0.1) is 23.7 Å². The van der Waals surface area contributed by atoms with Crippen molar-refractivity contribution in [2.75, 3.05) is 17.6 Å². The minimum atomic E-state index is -0.298. The lowest BCUT2D eigenvalue weighted by Crippen LogP contribution is -2.34. The number of nitrogens with one attached hydrogen (secondary N) is 2. The summed E-state index contributed by atoms with van der Waals surface area (Å²) in [5.74, 6) is -0.433. The van der Waals surface area contributed by atoms with Crippen molar-refractivity contribution in [2.45, 2.75) is 12.1 Å². The number of carbonyl (C=O) groups is 2. The van der Waals surface area contributed by atoms with Crippen molar-refractivity contribution < 1.29 is 9.59 Å². The Hall–Kier alpha value is -2.71. The zero-order valence-electron chi connectivity index (χ0n) is 15.7. The first-order valence-electron chi connectivity index (χ1n) is 8.86. The van der Waals surface area contributed by atoms with E-state index < -0.39 is 0 Å². The molecule has 6 nitrogen and oxygen atoms in total. The Bertz CT molecular complexity index is 1010. The third-order valence-electron chi connectivity index (χ3n) is 3.83. The number of aromatic nitrogens is 2. The van der Waals surface area contributed by atoms with E-state index in [-0.39, 0.29) is 24.1 Å². The molecule has 0 radical (unpaired) electrons. The molecule has 2 amide bonds. The molecule has 2 N–H and O–H groups in total. The standard InChI is InChI=1S/C21H19BrN4O2S/c1-14-11-18(15-7-3-2-4-8-15)26-21(24-14)29-13-20(28)23-12-19(27)25-17-10-6-5-9-16(17)22/h2-11H,12-13H2,1H3,(H,23,28)(H,25,27). The van der Waals surface area contributed by atoms with Crippen LogP contribution in [0.15, 0.2) is 70.3 Å². The summed E-state index contributed by atoms with van der Waals surface area (Å²) in [6.45, 7) is 1.79. The van der Waals surface area contributed by atoms with Crippen molar-refractivity contribution in [2.24, 2.45) is 0 Å². The van der Waals surface area contributed by atoms with Gasteiger partial charge in [0.25, 0.3) is 0 Å². The quantitative estimate of drug-likeness (QED) is 0.401. The minimum absolute atomic E-state index is 0.106. The number of rotatable bonds is 7. The van der Waals surface area contributed by atoms with Crippen molar-refractivity contribution in [3.05, 3.63) is 70.8 Å². The zero-order valence-corrected chi connectivity index (χ0v) is 18.1. The highest BCUT2D eigenvalue weighted by molar-refractivity contribution is 9.10. The van der Waals surface area contributed by atoms with E-state index >= 15 is 0 Å². The van der Waals surface area contributed by atoms with Crippen LogP contribution < -0.4 is 10.6 Å². The number of hydrogen-bond acceptors (Lipinski definition) is 5. The highest BCUT2D eigenvalue weighted by Crippen LogP contribution is 2.22. The number of halogens is 1. The summed E-state index contributed by atoms with van der Waals surface area (Å²) < 4.78 is 0.779. The number of hydrogen-bond donors (Lipinski definition) is 2. The summed E-state index contributed by atoms with van der Waals surface area (Å²) in [7, 11) is 0. The molecule has 0 atom stereocenters. The smallest absolute Gasteiger partial charge is 0.243 e. The molecule has 0 saturated heterocycles. The molecular weight excluding hydrogens is 452 g/mol. The molecule has 3 rings (SSSR count). The van der Waals surface area contributed by atoms with E-state index in [1.165, 1.54) is 11.8 Å². The van der Waals surface area contributed by atoms with Crippen LogP contribution in [0, 0.1) is 6.92 Å². The fraction of sp³-hybridized carbons (Fsp3) is 0.143. The molecule has 1 heterocycles. The van der Waals surface area contributed by atoms with Crippen LogP contribution in [0.3, 0.4) is 0 Å². The molecule has 2 aromatic carbocycles. The van der Waals surface area contributed by atoms with E-state index in [0.29, 0.717) is 10.8 Å². The number of para-hydroxylation sites is 1.